The highest BCUT2D eigenvalue weighted by Crippen LogP contribution is 2.44. The quantitative estimate of drug-likeness (QED) is 0.736. The van der Waals surface area contributed by atoms with E-state index < -0.39 is 0 Å². The summed E-state index contributed by atoms with van der Waals surface area (Å²) in [7, 11) is 0. The standard InChI is InChI=1S/C14H18N2O/c17-10-14(4-5-14)9-15-8-11-1-2-13-12(7-11)3-6-16-13/h1-3,6-7,15-17H,4-5,8-10H2. The number of benzene rings is 1. The molecule has 0 amide bonds. The van der Waals surface area contributed by atoms with Crippen LogP contribution in [0, 0.1) is 5.41 Å². The van der Waals surface area contributed by atoms with Gasteiger partial charge in [0.05, 0.1) is 0 Å². The number of aromatic amines is 1. The van der Waals surface area contributed by atoms with Crippen molar-refractivity contribution in [1.29, 1.82) is 0 Å². The van der Waals surface area contributed by atoms with Crippen LogP contribution in [0.4, 0.5) is 0 Å². The summed E-state index contributed by atoms with van der Waals surface area (Å²) in [5.74, 6) is 0. The zero-order valence-electron chi connectivity index (χ0n) is 9.87. The predicted octanol–water partition coefficient (Wildman–Crippen LogP) is 2.03. The fourth-order valence-corrected chi connectivity index (χ4v) is 2.25. The summed E-state index contributed by atoms with van der Waals surface area (Å²) in [5.41, 5.74) is 2.67. The molecule has 3 heteroatoms. The molecule has 1 saturated carbocycles. The largest absolute Gasteiger partial charge is 0.396 e. The highest BCUT2D eigenvalue weighted by molar-refractivity contribution is 5.79. The van der Waals surface area contributed by atoms with E-state index in [1.54, 1.807) is 0 Å². The molecule has 1 aromatic carbocycles. The third-order valence-electron chi connectivity index (χ3n) is 3.74. The lowest BCUT2D eigenvalue weighted by Gasteiger charge is -2.12. The lowest BCUT2D eigenvalue weighted by molar-refractivity contribution is 0.207. The fraction of sp³-hybridized carbons (Fsp3) is 0.429. The first-order valence-corrected chi connectivity index (χ1v) is 6.19. The minimum Gasteiger partial charge on any atom is -0.396 e. The number of rotatable bonds is 5. The Morgan fingerprint density at radius 1 is 1.29 bits per heavy atom. The van der Waals surface area contributed by atoms with Crippen LogP contribution in [0.5, 0.6) is 0 Å². The van der Waals surface area contributed by atoms with E-state index in [0.29, 0.717) is 6.61 Å². The average Bonchev–Trinajstić information content (AvgIpc) is 2.98. The summed E-state index contributed by atoms with van der Waals surface area (Å²) in [6.45, 7) is 2.12. The van der Waals surface area contributed by atoms with Gasteiger partial charge < -0.3 is 15.4 Å². The lowest BCUT2D eigenvalue weighted by atomic mass is 10.1. The minimum atomic E-state index is 0.193. The van der Waals surface area contributed by atoms with Crippen LogP contribution in [0.25, 0.3) is 10.9 Å². The molecule has 0 aliphatic heterocycles. The van der Waals surface area contributed by atoms with Gasteiger partial charge in [0.1, 0.15) is 0 Å². The van der Waals surface area contributed by atoms with E-state index in [0.717, 1.165) is 25.9 Å². The Bertz CT molecular complexity index is 514. The lowest BCUT2D eigenvalue weighted by Crippen LogP contribution is -2.26. The van der Waals surface area contributed by atoms with Gasteiger partial charge in [-0.3, -0.25) is 0 Å². The maximum Gasteiger partial charge on any atom is 0.0499 e. The third kappa shape index (κ3) is 2.21. The van der Waals surface area contributed by atoms with Crippen LogP contribution in [0.1, 0.15) is 18.4 Å². The van der Waals surface area contributed by atoms with Gasteiger partial charge in [-0.15, -0.1) is 0 Å². The summed E-state index contributed by atoms with van der Waals surface area (Å²) in [4.78, 5) is 3.19. The van der Waals surface area contributed by atoms with Crippen LogP contribution in [-0.4, -0.2) is 23.2 Å². The maximum absolute atomic E-state index is 9.22. The first kappa shape index (κ1) is 10.8. The van der Waals surface area contributed by atoms with Gasteiger partial charge >= 0.3 is 0 Å². The number of nitrogens with one attached hydrogen (secondary N) is 2. The van der Waals surface area contributed by atoms with Crippen molar-refractivity contribution in [1.82, 2.24) is 10.3 Å². The number of fused-ring (bicyclic) bond motifs is 1. The molecule has 3 rings (SSSR count). The van der Waals surface area contributed by atoms with Crippen LogP contribution in [-0.2, 0) is 6.54 Å². The van der Waals surface area contributed by atoms with E-state index in [4.69, 9.17) is 0 Å². The first-order chi connectivity index (χ1) is 8.31. The van der Waals surface area contributed by atoms with Crippen molar-refractivity contribution < 1.29 is 5.11 Å². The Hall–Kier alpha value is -1.32. The molecule has 3 nitrogen and oxygen atoms in total. The molecule has 1 aliphatic rings. The molecule has 17 heavy (non-hydrogen) atoms. The number of H-pyrrole nitrogens is 1. The zero-order chi connectivity index (χ0) is 11.7. The van der Waals surface area contributed by atoms with Crippen molar-refractivity contribution in [2.24, 2.45) is 5.41 Å². The molecule has 0 radical (unpaired) electrons. The molecule has 0 spiro atoms. The molecule has 1 aromatic heterocycles. The third-order valence-corrected chi connectivity index (χ3v) is 3.74. The van der Waals surface area contributed by atoms with E-state index in [2.05, 4.69) is 34.6 Å². The van der Waals surface area contributed by atoms with E-state index in [1.165, 1.54) is 16.5 Å². The summed E-state index contributed by atoms with van der Waals surface area (Å²) in [5, 5.41) is 13.9. The second kappa shape index (κ2) is 4.17. The molecule has 2 aromatic rings. The number of aliphatic hydroxyl groups excluding tert-OH is 1. The molecule has 90 valence electrons. The van der Waals surface area contributed by atoms with Crippen molar-refractivity contribution in [3.8, 4) is 0 Å². The van der Waals surface area contributed by atoms with Crippen LogP contribution >= 0.6 is 0 Å². The second-order valence-corrected chi connectivity index (χ2v) is 5.16. The fourth-order valence-electron chi connectivity index (χ4n) is 2.25. The van der Waals surface area contributed by atoms with Gasteiger partial charge in [-0.2, -0.15) is 0 Å². The molecule has 0 bridgehead atoms. The average molecular weight is 230 g/mol. The topological polar surface area (TPSA) is 48.0 Å². The van der Waals surface area contributed by atoms with Crippen molar-refractivity contribution in [2.75, 3.05) is 13.2 Å². The Balaban J connectivity index is 1.60. The highest BCUT2D eigenvalue weighted by atomic mass is 16.3. The monoisotopic (exact) mass is 230 g/mol. The van der Waals surface area contributed by atoms with Gasteiger partial charge in [0.15, 0.2) is 0 Å². The number of hydrogen-bond acceptors (Lipinski definition) is 2. The molecule has 1 heterocycles. The Kier molecular flexibility index (Phi) is 2.65. The SMILES string of the molecule is OCC1(CNCc2ccc3[nH]ccc3c2)CC1. The van der Waals surface area contributed by atoms with Crippen LogP contribution in [0.2, 0.25) is 0 Å². The van der Waals surface area contributed by atoms with Crippen molar-refractivity contribution in [3.63, 3.8) is 0 Å². The number of aliphatic hydroxyl groups is 1. The Morgan fingerprint density at radius 3 is 2.94 bits per heavy atom. The molecule has 1 fully saturated rings. The molecular weight excluding hydrogens is 212 g/mol. The number of aromatic nitrogens is 1. The van der Waals surface area contributed by atoms with Crippen molar-refractivity contribution >= 4 is 10.9 Å². The molecule has 1 aliphatic carbocycles. The van der Waals surface area contributed by atoms with Gasteiger partial charge in [0.25, 0.3) is 0 Å². The summed E-state index contributed by atoms with van der Waals surface area (Å²) < 4.78 is 0. The van der Waals surface area contributed by atoms with Crippen molar-refractivity contribution in [3.05, 3.63) is 36.0 Å². The Morgan fingerprint density at radius 2 is 2.18 bits per heavy atom. The molecule has 0 unspecified atom stereocenters. The molecule has 3 N–H and O–H groups in total. The van der Waals surface area contributed by atoms with Gasteiger partial charge in [0, 0.05) is 36.8 Å². The summed E-state index contributed by atoms with van der Waals surface area (Å²) in [6, 6.07) is 8.56. The van der Waals surface area contributed by atoms with E-state index in [1.807, 2.05) is 6.20 Å². The van der Waals surface area contributed by atoms with E-state index >= 15 is 0 Å². The van der Waals surface area contributed by atoms with Crippen molar-refractivity contribution in [2.45, 2.75) is 19.4 Å². The number of hydrogen-bond donors (Lipinski definition) is 3. The first-order valence-electron chi connectivity index (χ1n) is 6.19. The van der Waals surface area contributed by atoms with E-state index in [9.17, 15) is 5.11 Å². The molecule has 0 saturated heterocycles. The van der Waals surface area contributed by atoms with Gasteiger partial charge in [-0.1, -0.05) is 6.07 Å². The van der Waals surface area contributed by atoms with Gasteiger partial charge in [-0.25, -0.2) is 0 Å². The summed E-state index contributed by atoms with van der Waals surface area (Å²) in [6.07, 6.45) is 4.29. The van der Waals surface area contributed by atoms with Crippen LogP contribution in [0.15, 0.2) is 30.5 Å². The smallest absolute Gasteiger partial charge is 0.0499 e. The maximum atomic E-state index is 9.22. The highest BCUT2D eigenvalue weighted by Gasteiger charge is 2.41. The Labute approximate surface area is 101 Å². The zero-order valence-corrected chi connectivity index (χ0v) is 9.87. The summed E-state index contributed by atoms with van der Waals surface area (Å²) >= 11 is 0. The second-order valence-electron chi connectivity index (χ2n) is 5.16. The van der Waals surface area contributed by atoms with Crippen LogP contribution < -0.4 is 5.32 Å². The van der Waals surface area contributed by atoms with Crippen LogP contribution in [0.3, 0.4) is 0 Å². The van der Waals surface area contributed by atoms with Gasteiger partial charge in [-0.05, 0) is 42.0 Å². The normalized spacial score (nSPS) is 17.5. The van der Waals surface area contributed by atoms with Gasteiger partial charge in [0.2, 0.25) is 0 Å². The molecule has 0 atom stereocenters. The van der Waals surface area contributed by atoms with E-state index in [-0.39, 0.29) is 5.41 Å². The minimum absolute atomic E-state index is 0.193. The molecular formula is C14H18N2O. The predicted molar refractivity (Wildman–Crippen MR) is 68.8 cm³/mol.